The van der Waals surface area contributed by atoms with Gasteiger partial charge in [0, 0.05) is 28.4 Å². The van der Waals surface area contributed by atoms with Crippen molar-refractivity contribution in [3.8, 4) is 11.8 Å². The van der Waals surface area contributed by atoms with Crippen LogP contribution in [0.3, 0.4) is 0 Å². The van der Waals surface area contributed by atoms with Crippen LogP contribution in [0.5, 0.6) is 0 Å². The van der Waals surface area contributed by atoms with E-state index in [2.05, 4.69) is 32.8 Å². The van der Waals surface area contributed by atoms with Gasteiger partial charge in [0.2, 0.25) is 0 Å². The Hall–Kier alpha value is -2.19. The third-order valence-electron chi connectivity index (χ3n) is 2.09. The van der Waals surface area contributed by atoms with Gasteiger partial charge in [-0.1, -0.05) is 27.9 Å². The molecule has 88 valence electrons. The van der Waals surface area contributed by atoms with Crippen molar-refractivity contribution < 1.29 is 4.92 Å². The zero-order valence-electron chi connectivity index (χ0n) is 9.13. The molecular weight excluding hydrogens is 296 g/mol. The number of rotatable bonds is 1. The molecule has 4 nitrogen and oxygen atoms in total. The Labute approximate surface area is 112 Å². The monoisotopic (exact) mass is 302 g/mol. The Morgan fingerprint density at radius 2 is 2.06 bits per heavy atom. The molecule has 0 N–H and O–H groups in total. The van der Waals surface area contributed by atoms with E-state index in [1.54, 1.807) is 24.4 Å². The van der Waals surface area contributed by atoms with Gasteiger partial charge in [0.1, 0.15) is 5.69 Å². The van der Waals surface area contributed by atoms with Gasteiger partial charge in [-0.25, -0.2) is 4.98 Å². The molecule has 0 unspecified atom stereocenters. The number of pyridine rings is 1. The maximum absolute atomic E-state index is 10.7. The van der Waals surface area contributed by atoms with E-state index in [-0.39, 0.29) is 5.69 Å². The van der Waals surface area contributed by atoms with Gasteiger partial charge >= 0.3 is 0 Å². The van der Waals surface area contributed by atoms with Gasteiger partial charge in [0.25, 0.3) is 5.69 Å². The SMILES string of the molecule is O=[N+]([O-])c1cc(Br)cc(C#Cc2ccccn2)c1. The minimum absolute atomic E-state index is 0.00898. The van der Waals surface area contributed by atoms with Crippen LogP contribution in [0.15, 0.2) is 47.1 Å². The van der Waals surface area contributed by atoms with Gasteiger partial charge in [-0.15, -0.1) is 0 Å². The molecule has 0 radical (unpaired) electrons. The maximum Gasteiger partial charge on any atom is 0.271 e. The summed E-state index contributed by atoms with van der Waals surface area (Å²) in [6.45, 7) is 0. The number of halogens is 1. The molecule has 2 aromatic rings. The smallest absolute Gasteiger partial charge is 0.258 e. The van der Waals surface area contributed by atoms with Crippen LogP contribution in [0.2, 0.25) is 0 Å². The molecule has 0 bridgehead atoms. The van der Waals surface area contributed by atoms with E-state index in [9.17, 15) is 10.1 Å². The summed E-state index contributed by atoms with van der Waals surface area (Å²) in [6.07, 6.45) is 1.65. The Morgan fingerprint density at radius 3 is 2.72 bits per heavy atom. The van der Waals surface area contributed by atoms with E-state index in [0.717, 1.165) is 0 Å². The molecule has 0 aliphatic carbocycles. The average molecular weight is 303 g/mol. The fourth-order valence-electron chi connectivity index (χ4n) is 1.32. The van der Waals surface area contributed by atoms with Crippen molar-refractivity contribution in [3.05, 3.63) is 68.4 Å². The lowest BCUT2D eigenvalue weighted by atomic mass is 10.2. The largest absolute Gasteiger partial charge is 0.271 e. The number of nitrogens with zero attached hydrogens (tertiary/aromatic N) is 2. The summed E-state index contributed by atoms with van der Waals surface area (Å²) in [7, 11) is 0. The summed E-state index contributed by atoms with van der Waals surface area (Å²) in [5, 5.41) is 10.7. The highest BCUT2D eigenvalue weighted by molar-refractivity contribution is 9.10. The lowest BCUT2D eigenvalue weighted by Gasteiger charge is -1.95. The predicted octanol–water partition coefficient (Wildman–Crippen LogP) is 3.15. The van der Waals surface area contributed by atoms with Crippen LogP contribution in [0, 0.1) is 22.0 Å². The first-order valence-electron chi connectivity index (χ1n) is 5.03. The van der Waals surface area contributed by atoms with Crippen LogP contribution in [0.1, 0.15) is 11.3 Å². The van der Waals surface area contributed by atoms with Gasteiger partial charge in [0.05, 0.1) is 4.92 Å². The molecule has 5 heteroatoms. The minimum atomic E-state index is -0.448. The summed E-state index contributed by atoms with van der Waals surface area (Å²) in [5.74, 6) is 5.70. The fourth-order valence-corrected chi connectivity index (χ4v) is 1.81. The molecule has 1 aromatic carbocycles. The second-order valence-electron chi connectivity index (χ2n) is 3.42. The Kier molecular flexibility index (Phi) is 3.70. The number of aromatic nitrogens is 1. The van der Waals surface area contributed by atoms with Crippen molar-refractivity contribution in [3.63, 3.8) is 0 Å². The van der Waals surface area contributed by atoms with Crippen molar-refractivity contribution in [2.24, 2.45) is 0 Å². The first-order valence-corrected chi connectivity index (χ1v) is 5.82. The Balaban J connectivity index is 2.36. The number of nitro groups is 1. The molecule has 0 fully saturated rings. The van der Waals surface area contributed by atoms with Gasteiger partial charge in [-0.2, -0.15) is 0 Å². The van der Waals surface area contributed by atoms with Crippen molar-refractivity contribution in [2.75, 3.05) is 0 Å². The predicted molar refractivity (Wildman–Crippen MR) is 71.0 cm³/mol. The lowest BCUT2D eigenvalue weighted by Crippen LogP contribution is -1.89. The summed E-state index contributed by atoms with van der Waals surface area (Å²) in [5.41, 5.74) is 1.21. The van der Waals surface area contributed by atoms with E-state index in [1.165, 1.54) is 12.1 Å². The Morgan fingerprint density at radius 1 is 1.22 bits per heavy atom. The quantitative estimate of drug-likeness (QED) is 0.462. The number of benzene rings is 1. The highest BCUT2D eigenvalue weighted by Gasteiger charge is 2.07. The molecule has 0 saturated carbocycles. The molecule has 0 amide bonds. The van der Waals surface area contributed by atoms with Crippen LogP contribution in [0.25, 0.3) is 0 Å². The molecular formula is C13H7BrN2O2. The van der Waals surface area contributed by atoms with Crippen LogP contribution in [0.4, 0.5) is 5.69 Å². The summed E-state index contributed by atoms with van der Waals surface area (Å²) >= 11 is 3.22. The van der Waals surface area contributed by atoms with Crippen molar-refractivity contribution >= 4 is 21.6 Å². The van der Waals surface area contributed by atoms with E-state index < -0.39 is 4.92 Å². The summed E-state index contributed by atoms with van der Waals surface area (Å²) < 4.78 is 0.627. The number of non-ortho nitro benzene ring substituents is 1. The topological polar surface area (TPSA) is 56.0 Å². The highest BCUT2D eigenvalue weighted by atomic mass is 79.9. The summed E-state index contributed by atoms with van der Waals surface area (Å²) in [4.78, 5) is 14.3. The van der Waals surface area contributed by atoms with E-state index in [4.69, 9.17) is 0 Å². The first kappa shape index (κ1) is 12.3. The van der Waals surface area contributed by atoms with Crippen LogP contribution < -0.4 is 0 Å². The van der Waals surface area contributed by atoms with Gasteiger partial charge in [-0.05, 0) is 24.1 Å². The molecule has 0 aliphatic rings. The second-order valence-corrected chi connectivity index (χ2v) is 4.34. The summed E-state index contributed by atoms with van der Waals surface area (Å²) in [6, 6.07) is 10.0. The second kappa shape index (κ2) is 5.43. The zero-order chi connectivity index (χ0) is 13.0. The number of hydrogen-bond acceptors (Lipinski definition) is 3. The Bertz CT molecular complexity index is 645. The molecule has 0 spiro atoms. The first-order chi connectivity index (χ1) is 8.65. The molecule has 1 heterocycles. The number of nitro benzene ring substituents is 1. The number of hydrogen-bond donors (Lipinski definition) is 0. The minimum Gasteiger partial charge on any atom is -0.258 e. The van der Waals surface area contributed by atoms with Crippen molar-refractivity contribution in [1.82, 2.24) is 4.98 Å². The van der Waals surface area contributed by atoms with Gasteiger partial charge in [-0.3, -0.25) is 10.1 Å². The third-order valence-corrected chi connectivity index (χ3v) is 2.55. The lowest BCUT2D eigenvalue weighted by molar-refractivity contribution is -0.384. The fraction of sp³-hybridized carbons (Fsp3) is 0. The van der Waals surface area contributed by atoms with Crippen molar-refractivity contribution in [2.45, 2.75) is 0 Å². The maximum atomic E-state index is 10.7. The van der Waals surface area contributed by atoms with Crippen LogP contribution >= 0.6 is 15.9 Å². The molecule has 0 saturated heterocycles. The van der Waals surface area contributed by atoms with Crippen LogP contribution in [-0.4, -0.2) is 9.91 Å². The van der Waals surface area contributed by atoms with Crippen LogP contribution in [-0.2, 0) is 0 Å². The van der Waals surface area contributed by atoms with Gasteiger partial charge in [0.15, 0.2) is 0 Å². The molecule has 1 aromatic heterocycles. The average Bonchev–Trinajstić information content (AvgIpc) is 2.37. The van der Waals surface area contributed by atoms with E-state index in [0.29, 0.717) is 15.7 Å². The van der Waals surface area contributed by atoms with E-state index in [1.807, 2.05) is 6.07 Å². The standard InChI is InChI=1S/C13H7BrN2O2/c14-11-7-10(8-13(9-11)16(17)18)4-5-12-3-1-2-6-15-12/h1-3,6-9H. The molecule has 0 atom stereocenters. The normalized spacial score (nSPS) is 9.39. The zero-order valence-corrected chi connectivity index (χ0v) is 10.7. The van der Waals surface area contributed by atoms with Crippen molar-refractivity contribution in [1.29, 1.82) is 0 Å². The molecule has 0 aliphatic heterocycles. The highest BCUT2D eigenvalue weighted by Crippen LogP contribution is 2.20. The third kappa shape index (κ3) is 3.15. The van der Waals surface area contributed by atoms with Gasteiger partial charge < -0.3 is 0 Å². The molecule has 18 heavy (non-hydrogen) atoms. The molecule has 2 rings (SSSR count). The van der Waals surface area contributed by atoms with E-state index >= 15 is 0 Å².